The van der Waals surface area contributed by atoms with Gasteiger partial charge in [0, 0.05) is 19.1 Å². The number of likely N-dealkylation sites (tertiary alicyclic amines) is 1. The predicted molar refractivity (Wildman–Crippen MR) is 62.5 cm³/mol. The first-order valence-electron chi connectivity index (χ1n) is 6.16. The van der Waals surface area contributed by atoms with Gasteiger partial charge < -0.3 is 14.9 Å². The van der Waals surface area contributed by atoms with Crippen LogP contribution in [0.25, 0.3) is 0 Å². The van der Waals surface area contributed by atoms with Gasteiger partial charge in [-0.3, -0.25) is 4.79 Å². The zero-order valence-electron chi connectivity index (χ0n) is 10.3. The van der Waals surface area contributed by atoms with Gasteiger partial charge in [-0.15, -0.1) is 0 Å². The summed E-state index contributed by atoms with van der Waals surface area (Å²) in [6.07, 6.45) is 4.15. The number of aliphatic carboxylic acids is 1. The SMILES string of the molecule is CN1CCCC(N(C)CC2(C(=O)O)CC2)C1. The van der Waals surface area contributed by atoms with Crippen molar-refractivity contribution in [3.63, 3.8) is 0 Å². The van der Waals surface area contributed by atoms with Gasteiger partial charge in [0.1, 0.15) is 0 Å². The third kappa shape index (κ3) is 2.38. The third-order valence-electron chi connectivity index (χ3n) is 4.08. The molecule has 16 heavy (non-hydrogen) atoms. The van der Waals surface area contributed by atoms with Gasteiger partial charge >= 0.3 is 5.97 Å². The van der Waals surface area contributed by atoms with Crippen molar-refractivity contribution >= 4 is 5.97 Å². The Morgan fingerprint density at radius 3 is 2.75 bits per heavy atom. The normalized spacial score (nSPS) is 29.3. The highest BCUT2D eigenvalue weighted by atomic mass is 16.4. The molecule has 1 saturated carbocycles. The molecule has 1 unspecified atom stereocenters. The molecule has 1 atom stereocenters. The molecule has 0 radical (unpaired) electrons. The second-order valence-electron chi connectivity index (χ2n) is 5.56. The maximum absolute atomic E-state index is 11.1. The van der Waals surface area contributed by atoms with Crippen molar-refractivity contribution in [1.82, 2.24) is 9.80 Å². The van der Waals surface area contributed by atoms with Crippen LogP contribution in [-0.4, -0.2) is 60.6 Å². The van der Waals surface area contributed by atoms with Crippen LogP contribution in [0.5, 0.6) is 0 Å². The van der Waals surface area contributed by atoms with Crippen LogP contribution in [0.1, 0.15) is 25.7 Å². The molecule has 4 heteroatoms. The minimum Gasteiger partial charge on any atom is -0.481 e. The average molecular weight is 226 g/mol. The molecule has 0 bridgehead atoms. The lowest BCUT2D eigenvalue weighted by atomic mass is 10.0. The Kier molecular flexibility index (Phi) is 3.22. The molecule has 2 fully saturated rings. The fourth-order valence-corrected chi connectivity index (χ4v) is 2.70. The van der Waals surface area contributed by atoms with Crippen molar-refractivity contribution in [3.05, 3.63) is 0 Å². The molecular weight excluding hydrogens is 204 g/mol. The summed E-state index contributed by atoms with van der Waals surface area (Å²) in [6.45, 7) is 2.97. The summed E-state index contributed by atoms with van der Waals surface area (Å²) in [5.41, 5.74) is -0.412. The van der Waals surface area contributed by atoms with E-state index >= 15 is 0 Å². The number of carbonyl (C=O) groups is 1. The second kappa shape index (κ2) is 4.34. The van der Waals surface area contributed by atoms with Crippen molar-refractivity contribution in [1.29, 1.82) is 0 Å². The molecule has 1 saturated heterocycles. The van der Waals surface area contributed by atoms with E-state index in [9.17, 15) is 4.79 Å². The largest absolute Gasteiger partial charge is 0.481 e. The molecule has 1 aliphatic carbocycles. The summed E-state index contributed by atoms with van der Waals surface area (Å²) in [7, 11) is 4.22. The van der Waals surface area contributed by atoms with Gasteiger partial charge in [0.05, 0.1) is 5.41 Å². The molecule has 1 heterocycles. The summed E-state index contributed by atoms with van der Waals surface area (Å²) in [5, 5.41) is 9.17. The van der Waals surface area contributed by atoms with Crippen LogP contribution >= 0.6 is 0 Å². The Bertz CT molecular complexity index is 276. The van der Waals surface area contributed by atoms with Crippen LogP contribution in [-0.2, 0) is 4.79 Å². The quantitative estimate of drug-likeness (QED) is 0.773. The zero-order chi connectivity index (χ0) is 11.8. The number of carboxylic acids is 1. The molecule has 0 amide bonds. The highest BCUT2D eigenvalue weighted by Crippen LogP contribution is 2.46. The molecule has 4 nitrogen and oxygen atoms in total. The summed E-state index contributed by atoms with van der Waals surface area (Å²) in [4.78, 5) is 15.7. The summed E-state index contributed by atoms with van der Waals surface area (Å²) >= 11 is 0. The standard InChI is InChI=1S/C12H22N2O2/c1-13-7-3-4-10(8-13)14(2)9-12(5-6-12)11(15)16/h10H,3-9H2,1-2H3,(H,15,16). The zero-order valence-corrected chi connectivity index (χ0v) is 10.3. The number of hydrogen-bond acceptors (Lipinski definition) is 3. The maximum Gasteiger partial charge on any atom is 0.310 e. The summed E-state index contributed by atoms with van der Waals surface area (Å²) in [6, 6.07) is 0.538. The molecule has 0 spiro atoms. The molecule has 1 aliphatic heterocycles. The Balaban J connectivity index is 1.88. The second-order valence-corrected chi connectivity index (χ2v) is 5.56. The van der Waals surface area contributed by atoms with Crippen molar-refractivity contribution in [2.24, 2.45) is 5.41 Å². The first kappa shape index (κ1) is 11.9. The fourth-order valence-electron chi connectivity index (χ4n) is 2.70. The first-order valence-corrected chi connectivity index (χ1v) is 6.16. The minimum atomic E-state index is -0.608. The molecular formula is C12H22N2O2. The van der Waals surface area contributed by atoms with Crippen LogP contribution in [0.4, 0.5) is 0 Å². The van der Waals surface area contributed by atoms with Gasteiger partial charge in [-0.2, -0.15) is 0 Å². The summed E-state index contributed by atoms with van der Waals surface area (Å²) in [5.74, 6) is -0.608. The number of likely N-dealkylation sites (N-methyl/N-ethyl adjacent to an activating group) is 2. The van der Waals surface area contributed by atoms with E-state index in [-0.39, 0.29) is 0 Å². The van der Waals surface area contributed by atoms with Gasteiger partial charge in [-0.25, -0.2) is 0 Å². The van der Waals surface area contributed by atoms with Crippen LogP contribution in [0.2, 0.25) is 0 Å². The smallest absolute Gasteiger partial charge is 0.310 e. The van der Waals surface area contributed by atoms with E-state index in [2.05, 4.69) is 23.9 Å². The lowest BCUT2D eigenvalue weighted by Gasteiger charge is -2.37. The van der Waals surface area contributed by atoms with Gasteiger partial charge in [0.25, 0.3) is 0 Å². The van der Waals surface area contributed by atoms with Crippen LogP contribution in [0.15, 0.2) is 0 Å². The van der Waals surface area contributed by atoms with Crippen molar-refractivity contribution in [2.45, 2.75) is 31.7 Å². The Morgan fingerprint density at radius 1 is 1.56 bits per heavy atom. The monoisotopic (exact) mass is 226 g/mol. The molecule has 1 N–H and O–H groups in total. The Hall–Kier alpha value is -0.610. The van der Waals surface area contributed by atoms with E-state index in [4.69, 9.17) is 5.11 Å². The van der Waals surface area contributed by atoms with Crippen molar-refractivity contribution < 1.29 is 9.90 Å². The Morgan fingerprint density at radius 2 is 2.25 bits per heavy atom. The molecule has 2 rings (SSSR count). The lowest BCUT2D eigenvalue weighted by molar-refractivity contribution is -0.144. The van der Waals surface area contributed by atoms with E-state index in [1.165, 1.54) is 19.4 Å². The van der Waals surface area contributed by atoms with Gasteiger partial charge in [0.2, 0.25) is 0 Å². The van der Waals surface area contributed by atoms with Crippen LogP contribution in [0.3, 0.4) is 0 Å². The molecule has 0 aromatic carbocycles. The number of nitrogens with zero attached hydrogens (tertiary/aromatic N) is 2. The van der Waals surface area contributed by atoms with Gasteiger partial charge in [0.15, 0.2) is 0 Å². The van der Waals surface area contributed by atoms with Crippen LogP contribution < -0.4 is 0 Å². The number of piperidine rings is 1. The third-order valence-corrected chi connectivity index (χ3v) is 4.08. The van der Waals surface area contributed by atoms with Crippen molar-refractivity contribution in [2.75, 3.05) is 33.7 Å². The molecule has 2 aliphatic rings. The van der Waals surface area contributed by atoms with E-state index < -0.39 is 11.4 Å². The van der Waals surface area contributed by atoms with Gasteiger partial charge in [-0.05, 0) is 46.3 Å². The molecule has 92 valence electrons. The highest BCUT2D eigenvalue weighted by Gasteiger charge is 2.51. The number of carboxylic acid groups (broad SMARTS) is 1. The fraction of sp³-hybridized carbons (Fsp3) is 0.917. The average Bonchev–Trinajstić information content (AvgIpc) is 2.99. The topological polar surface area (TPSA) is 43.8 Å². The van der Waals surface area contributed by atoms with E-state index in [0.717, 1.165) is 25.9 Å². The highest BCUT2D eigenvalue weighted by molar-refractivity contribution is 5.78. The lowest BCUT2D eigenvalue weighted by Crippen LogP contribution is -2.47. The van der Waals surface area contributed by atoms with E-state index in [0.29, 0.717) is 6.04 Å². The van der Waals surface area contributed by atoms with E-state index in [1.807, 2.05) is 0 Å². The maximum atomic E-state index is 11.1. The number of rotatable bonds is 4. The first-order chi connectivity index (χ1) is 7.53. The van der Waals surface area contributed by atoms with E-state index in [1.54, 1.807) is 0 Å². The molecule has 0 aromatic rings. The van der Waals surface area contributed by atoms with Gasteiger partial charge in [-0.1, -0.05) is 0 Å². The Labute approximate surface area is 97.2 Å². The van der Waals surface area contributed by atoms with Crippen molar-refractivity contribution in [3.8, 4) is 0 Å². The summed E-state index contributed by atoms with van der Waals surface area (Å²) < 4.78 is 0. The molecule has 0 aromatic heterocycles. The van der Waals surface area contributed by atoms with Crippen LogP contribution in [0, 0.1) is 5.41 Å². The predicted octanol–water partition coefficient (Wildman–Crippen LogP) is 0.877. The number of hydrogen-bond donors (Lipinski definition) is 1. The minimum absolute atomic E-state index is 0.412.